The van der Waals surface area contributed by atoms with Crippen molar-refractivity contribution < 1.29 is 14.6 Å². The summed E-state index contributed by atoms with van der Waals surface area (Å²) in [5, 5.41) is 11.5. The molecule has 0 rings (SSSR count). The Balaban J connectivity index is 3.26. The predicted octanol–water partition coefficient (Wildman–Crippen LogP) is 0.689. The van der Waals surface area contributed by atoms with E-state index in [9.17, 15) is 4.79 Å². The normalized spacial score (nSPS) is 14.9. The minimum Gasteiger partial charge on any atom is -0.384 e. The van der Waals surface area contributed by atoms with Crippen LogP contribution in [0.15, 0.2) is 0 Å². The second kappa shape index (κ2) is 7.76. The van der Waals surface area contributed by atoms with E-state index >= 15 is 0 Å². The number of carbonyl (C=O) groups excluding carboxylic acids is 1. The minimum atomic E-state index is -0.925. The third-order valence-electron chi connectivity index (χ3n) is 1.98. The maximum atomic E-state index is 10.9. The average Bonchev–Trinajstić information content (AvgIpc) is 2.16. The van der Waals surface area contributed by atoms with Crippen LogP contribution in [0, 0.1) is 0 Å². The van der Waals surface area contributed by atoms with Crippen LogP contribution < -0.4 is 5.32 Å². The Bertz CT molecular complexity index is 159. The summed E-state index contributed by atoms with van der Waals surface area (Å²) in [4.78, 5) is 10.9. The van der Waals surface area contributed by atoms with Gasteiger partial charge >= 0.3 is 0 Å². The van der Waals surface area contributed by atoms with Gasteiger partial charge in [-0.1, -0.05) is 6.92 Å². The third kappa shape index (κ3) is 6.86. The molecule has 2 N–H and O–H groups in total. The third-order valence-corrected chi connectivity index (χ3v) is 1.98. The van der Waals surface area contributed by atoms with Crippen molar-refractivity contribution in [3.63, 3.8) is 0 Å². The Morgan fingerprint density at radius 3 is 2.64 bits per heavy atom. The van der Waals surface area contributed by atoms with E-state index in [-0.39, 0.29) is 12.0 Å². The highest BCUT2D eigenvalue weighted by Gasteiger charge is 2.06. The summed E-state index contributed by atoms with van der Waals surface area (Å²) >= 11 is 0. The number of ether oxygens (including phenoxy) is 1. The highest BCUT2D eigenvalue weighted by molar-refractivity contribution is 5.79. The number of hydrogen-bond acceptors (Lipinski definition) is 3. The van der Waals surface area contributed by atoms with E-state index < -0.39 is 6.10 Å². The second-order valence-electron chi connectivity index (χ2n) is 3.41. The molecule has 0 saturated carbocycles. The summed E-state index contributed by atoms with van der Waals surface area (Å²) in [6.45, 7) is 6.74. The van der Waals surface area contributed by atoms with Gasteiger partial charge in [0.2, 0.25) is 5.91 Å². The van der Waals surface area contributed by atoms with Crippen molar-refractivity contribution in [2.75, 3.05) is 13.2 Å². The van der Waals surface area contributed by atoms with Gasteiger partial charge in [-0.3, -0.25) is 4.79 Å². The van der Waals surface area contributed by atoms with Gasteiger partial charge < -0.3 is 15.2 Å². The molecule has 0 spiro atoms. The molecule has 14 heavy (non-hydrogen) atoms. The summed E-state index contributed by atoms with van der Waals surface area (Å²) in [6.07, 6.45) is 1.14. The Morgan fingerprint density at radius 2 is 2.14 bits per heavy atom. The van der Waals surface area contributed by atoms with Crippen LogP contribution in [0.4, 0.5) is 0 Å². The summed E-state index contributed by atoms with van der Waals surface area (Å²) in [7, 11) is 0. The summed E-state index contributed by atoms with van der Waals surface area (Å²) < 4.78 is 5.42. The molecular formula is C10H21NO3. The van der Waals surface area contributed by atoms with Crippen molar-refractivity contribution in [2.24, 2.45) is 0 Å². The zero-order valence-electron chi connectivity index (χ0n) is 9.25. The number of rotatable bonds is 7. The van der Waals surface area contributed by atoms with Gasteiger partial charge in [-0.2, -0.15) is 0 Å². The van der Waals surface area contributed by atoms with Crippen LogP contribution in [-0.2, 0) is 9.53 Å². The summed E-state index contributed by atoms with van der Waals surface area (Å²) in [6, 6.07) is 0. The lowest BCUT2D eigenvalue weighted by Gasteiger charge is -2.11. The van der Waals surface area contributed by atoms with Crippen molar-refractivity contribution in [1.29, 1.82) is 0 Å². The van der Waals surface area contributed by atoms with Gasteiger partial charge in [0.15, 0.2) is 0 Å². The minimum absolute atomic E-state index is 0.280. The smallest absolute Gasteiger partial charge is 0.248 e. The molecule has 0 saturated heterocycles. The lowest BCUT2D eigenvalue weighted by Crippen LogP contribution is -2.33. The fourth-order valence-electron chi connectivity index (χ4n) is 0.834. The van der Waals surface area contributed by atoms with Gasteiger partial charge in [0, 0.05) is 13.2 Å². The first kappa shape index (κ1) is 13.4. The topological polar surface area (TPSA) is 58.6 Å². The van der Waals surface area contributed by atoms with E-state index in [1.165, 1.54) is 6.92 Å². The molecular weight excluding hydrogens is 182 g/mol. The molecule has 0 bridgehead atoms. The van der Waals surface area contributed by atoms with E-state index in [2.05, 4.69) is 12.2 Å². The van der Waals surface area contributed by atoms with Crippen LogP contribution in [-0.4, -0.2) is 36.4 Å². The Kier molecular flexibility index (Phi) is 7.42. The number of aliphatic hydroxyl groups is 1. The van der Waals surface area contributed by atoms with Crippen molar-refractivity contribution >= 4 is 5.91 Å². The summed E-state index contributed by atoms with van der Waals surface area (Å²) in [5.74, 6) is -0.325. The summed E-state index contributed by atoms with van der Waals surface area (Å²) in [5.41, 5.74) is 0. The molecule has 0 aromatic rings. The van der Waals surface area contributed by atoms with Crippen LogP contribution in [0.1, 0.15) is 33.6 Å². The zero-order valence-corrected chi connectivity index (χ0v) is 9.25. The highest BCUT2D eigenvalue weighted by atomic mass is 16.5. The lowest BCUT2D eigenvalue weighted by atomic mass is 10.3. The Morgan fingerprint density at radius 1 is 1.50 bits per heavy atom. The van der Waals surface area contributed by atoms with Gasteiger partial charge in [-0.25, -0.2) is 0 Å². The van der Waals surface area contributed by atoms with Gasteiger partial charge in [0.05, 0.1) is 6.10 Å². The molecule has 0 aromatic carbocycles. The van der Waals surface area contributed by atoms with Crippen LogP contribution in [0.3, 0.4) is 0 Å². The molecule has 0 aliphatic carbocycles. The number of hydrogen-bond donors (Lipinski definition) is 2. The van der Waals surface area contributed by atoms with Gasteiger partial charge in [-0.05, 0) is 26.7 Å². The SMILES string of the molecule is CCC(C)OCCCNC(=O)C(C)O. The van der Waals surface area contributed by atoms with Gasteiger partial charge in [0.25, 0.3) is 0 Å². The van der Waals surface area contributed by atoms with Crippen molar-refractivity contribution in [3.05, 3.63) is 0 Å². The maximum absolute atomic E-state index is 10.9. The number of carbonyl (C=O) groups is 1. The Labute approximate surface area is 85.6 Å². The molecule has 2 unspecified atom stereocenters. The number of aliphatic hydroxyl groups excluding tert-OH is 1. The maximum Gasteiger partial charge on any atom is 0.248 e. The highest BCUT2D eigenvalue weighted by Crippen LogP contribution is 1.96. The monoisotopic (exact) mass is 203 g/mol. The molecule has 2 atom stereocenters. The predicted molar refractivity (Wildman–Crippen MR) is 55.0 cm³/mol. The average molecular weight is 203 g/mol. The van der Waals surface area contributed by atoms with Crippen molar-refractivity contribution in [2.45, 2.75) is 45.8 Å². The van der Waals surface area contributed by atoms with Gasteiger partial charge in [-0.15, -0.1) is 0 Å². The molecule has 0 radical (unpaired) electrons. The van der Waals surface area contributed by atoms with Crippen LogP contribution >= 0.6 is 0 Å². The first-order valence-corrected chi connectivity index (χ1v) is 5.15. The molecule has 84 valence electrons. The fraction of sp³-hybridized carbons (Fsp3) is 0.900. The van der Waals surface area contributed by atoms with E-state index in [0.717, 1.165) is 12.8 Å². The van der Waals surface area contributed by atoms with Crippen molar-refractivity contribution in [3.8, 4) is 0 Å². The van der Waals surface area contributed by atoms with Crippen LogP contribution in [0.25, 0.3) is 0 Å². The molecule has 4 heteroatoms. The quantitative estimate of drug-likeness (QED) is 0.598. The first-order chi connectivity index (χ1) is 6.57. The molecule has 0 aromatic heterocycles. The first-order valence-electron chi connectivity index (χ1n) is 5.15. The largest absolute Gasteiger partial charge is 0.384 e. The fourth-order valence-corrected chi connectivity index (χ4v) is 0.834. The molecule has 1 amide bonds. The van der Waals surface area contributed by atoms with E-state index in [1.807, 2.05) is 6.92 Å². The number of amides is 1. The molecule has 4 nitrogen and oxygen atoms in total. The molecule has 0 fully saturated rings. The number of nitrogens with one attached hydrogen (secondary N) is 1. The van der Waals surface area contributed by atoms with E-state index in [4.69, 9.17) is 9.84 Å². The van der Waals surface area contributed by atoms with Crippen LogP contribution in [0.5, 0.6) is 0 Å². The van der Waals surface area contributed by atoms with Gasteiger partial charge in [0.1, 0.15) is 6.10 Å². The second-order valence-corrected chi connectivity index (χ2v) is 3.41. The molecule has 0 aliphatic heterocycles. The van der Waals surface area contributed by atoms with Crippen LogP contribution in [0.2, 0.25) is 0 Å². The molecule has 0 aliphatic rings. The molecule has 0 heterocycles. The standard InChI is InChI=1S/C10H21NO3/c1-4-8(2)14-7-5-6-11-10(13)9(3)12/h8-9,12H,4-7H2,1-3H3,(H,11,13). The van der Waals surface area contributed by atoms with Crippen molar-refractivity contribution in [1.82, 2.24) is 5.32 Å². The van der Waals surface area contributed by atoms with E-state index in [1.54, 1.807) is 0 Å². The van der Waals surface area contributed by atoms with E-state index in [0.29, 0.717) is 13.2 Å². The lowest BCUT2D eigenvalue weighted by molar-refractivity contribution is -0.128. The Hall–Kier alpha value is -0.610. The zero-order chi connectivity index (χ0) is 11.0.